The zero-order valence-corrected chi connectivity index (χ0v) is 13.9. The van der Waals surface area contributed by atoms with Crippen molar-refractivity contribution in [1.82, 2.24) is 10.2 Å². The van der Waals surface area contributed by atoms with Crippen LogP contribution in [0.4, 0.5) is 0 Å². The maximum Gasteiger partial charge on any atom is 0.108 e. The maximum absolute atomic E-state index is 9.59. The predicted molar refractivity (Wildman–Crippen MR) is 84.2 cm³/mol. The van der Waals surface area contributed by atoms with Crippen molar-refractivity contribution in [2.24, 2.45) is 0 Å². The van der Waals surface area contributed by atoms with Crippen molar-refractivity contribution in [1.29, 1.82) is 5.26 Å². The lowest BCUT2D eigenvalue weighted by Gasteiger charge is -2.41. The molecule has 5 heteroatoms. The van der Waals surface area contributed by atoms with Gasteiger partial charge in [0, 0.05) is 40.0 Å². The van der Waals surface area contributed by atoms with Gasteiger partial charge in [-0.25, -0.2) is 0 Å². The first kappa shape index (κ1) is 18.4. The zero-order valence-electron chi connectivity index (χ0n) is 13.9. The van der Waals surface area contributed by atoms with Gasteiger partial charge in [0.1, 0.15) is 5.54 Å². The van der Waals surface area contributed by atoms with Crippen molar-refractivity contribution < 1.29 is 9.47 Å². The number of ether oxygens (including phenoxy) is 2. The Hall–Kier alpha value is -0.670. The van der Waals surface area contributed by atoms with Gasteiger partial charge in [0.25, 0.3) is 0 Å². The molecule has 0 radical (unpaired) electrons. The highest BCUT2D eigenvalue weighted by Crippen LogP contribution is 2.31. The van der Waals surface area contributed by atoms with Crippen LogP contribution < -0.4 is 5.32 Å². The fourth-order valence-electron chi connectivity index (χ4n) is 3.29. The molecule has 2 unspecified atom stereocenters. The molecule has 0 saturated heterocycles. The molecule has 21 heavy (non-hydrogen) atoms. The van der Waals surface area contributed by atoms with Crippen LogP contribution in [0.5, 0.6) is 0 Å². The molecular weight excluding hydrogens is 266 g/mol. The first-order valence-electron chi connectivity index (χ1n) is 8.09. The second-order valence-corrected chi connectivity index (χ2v) is 5.85. The van der Waals surface area contributed by atoms with Crippen LogP contribution in [-0.4, -0.2) is 63.5 Å². The fourth-order valence-corrected chi connectivity index (χ4v) is 3.29. The molecule has 0 amide bonds. The summed E-state index contributed by atoms with van der Waals surface area (Å²) in [5.74, 6) is 0. The Morgan fingerprint density at radius 3 is 2.67 bits per heavy atom. The molecule has 1 aliphatic rings. The second kappa shape index (κ2) is 10.1. The van der Waals surface area contributed by atoms with Crippen LogP contribution in [0, 0.1) is 11.3 Å². The van der Waals surface area contributed by atoms with E-state index in [1.165, 1.54) is 6.42 Å². The molecule has 122 valence electrons. The van der Waals surface area contributed by atoms with Gasteiger partial charge in [-0.2, -0.15) is 5.26 Å². The normalized spacial score (nSPS) is 26.0. The summed E-state index contributed by atoms with van der Waals surface area (Å²) in [6.45, 7) is 6.39. The minimum absolute atomic E-state index is 0.343. The number of rotatable bonds is 10. The fraction of sp³-hybridized carbons (Fsp3) is 0.938. The summed E-state index contributed by atoms with van der Waals surface area (Å²) in [7, 11) is 3.48. The van der Waals surface area contributed by atoms with Gasteiger partial charge in [0.2, 0.25) is 0 Å². The number of hydrogen-bond donors (Lipinski definition) is 1. The van der Waals surface area contributed by atoms with E-state index >= 15 is 0 Å². The number of nitriles is 1. The Bertz CT molecular complexity index is 315. The van der Waals surface area contributed by atoms with Crippen molar-refractivity contribution in [3.8, 4) is 6.07 Å². The average Bonchev–Trinajstić information content (AvgIpc) is 2.51. The van der Waals surface area contributed by atoms with Crippen LogP contribution in [0.3, 0.4) is 0 Å². The molecule has 0 bridgehead atoms. The Balaban J connectivity index is 2.64. The lowest BCUT2D eigenvalue weighted by Crippen LogP contribution is -2.53. The SMILES string of the molecule is CCNC1(C#N)CCCC(N(CCCOC)CCOC)C1. The van der Waals surface area contributed by atoms with Gasteiger partial charge in [-0.05, 0) is 38.6 Å². The van der Waals surface area contributed by atoms with Crippen LogP contribution in [-0.2, 0) is 9.47 Å². The van der Waals surface area contributed by atoms with Crippen molar-refractivity contribution in [2.45, 2.75) is 50.6 Å². The van der Waals surface area contributed by atoms with E-state index < -0.39 is 0 Å². The summed E-state index contributed by atoms with van der Waals surface area (Å²) in [4.78, 5) is 2.48. The van der Waals surface area contributed by atoms with Gasteiger partial charge in [0.15, 0.2) is 0 Å². The van der Waals surface area contributed by atoms with Crippen molar-refractivity contribution in [3.63, 3.8) is 0 Å². The zero-order chi connectivity index (χ0) is 15.6. The smallest absolute Gasteiger partial charge is 0.108 e. The van der Waals surface area contributed by atoms with Gasteiger partial charge >= 0.3 is 0 Å². The summed E-state index contributed by atoms with van der Waals surface area (Å²) in [5.41, 5.74) is -0.343. The van der Waals surface area contributed by atoms with Gasteiger partial charge in [-0.1, -0.05) is 6.92 Å². The van der Waals surface area contributed by atoms with Crippen molar-refractivity contribution in [3.05, 3.63) is 0 Å². The summed E-state index contributed by atoms with van der Waals surface area (Å²) < 4.78 is 10.4. The lowest BCUT2D eigenvalue weighted by atomic mass is 9.79. The van der Waals surface area contributed by atoms with E-state index in [2.05, 4.69) is 23.2 Å². The number of nitrogens with one attached hydrogen (secondary N) is 1. The van der Waals surface area contributed by atoms with Gasteiger partial charge in [-0.3, -0.25) is 10.2 Å². The molecule has 0 heterocycles. The molecule has 0 aromatic carbocycles. The minimum Gasteiger partial charge on any atom is -0.385 e. The molecule has 0 aromatic rings. The quantitative estimate of drug-likeness (QED) is 0.623. The van der Waals surface area contributed by atoms with Gasteiger partial charge in [-0.15, -0.1) is 0 Å². The average molecular weight is 297 g/mol. The number of hydrogen-bond acceptors (Lipinski definition) is 5. The van der Waals surface area contributed by atoms with Crippen LogP contribution in [0.2, 0.25) is 0 Å². The summed E-state index contributed by atoms with van der Waals surface area (Å²) >= 11 is 0. The van der Waals surface area contributed by atoms with E-state index in [0.717, 1.165) is 58.5 Å². The Kier molecular flexibility index (Phi) is 8.86. The topological polar surface area (TPSA) is 57.5 Å². The molecule has 1 N–H and O–H groups in total. The first-order valence-corrected chi connectivity index (χ1v) is 8.09. The Morgan fingerprint density at radius 1 is 1.29 bits per heavy atom. The second-order valence-electron chi connectivity index (χ2n) is 5.85. The summed E-state index contributed by atoms with van der Waals surface area (Å²) in [6, 6.07) is 3.00. The van der Waals surface area contributed by atoms with E-state index in [0.29, 0.717) is 6.04 Å². The van der Waals surface area contributed by atoms with E-state index in [1.807, 2.05) is 0 Å². The van der Waals surface area contributed by atoms with Crippen LogP contribution in [0.25, 0.3) is 0 Å². The van der Waals surface area contributed by atoms with Crippen LogP contribution in [0.15, 0.2) is 0 Å². The third kappa shape index (κ3) is 5.91. The highest BCUT2D eigenvalue weighted by molar-refractivity contribution is 5.11. The highest BCUT2D eigenvalue weighted by atomic mass is 16.5. The third-order valence-electron chi connectivity index (χ3n) is 4.35. The molecule has 0 spiro atoms. The molecule has 2 atom stereocenters. The highest BCUT2D eigenvalue weighted by Gasteiger charge is 2.37. The van der Waals surface area contributed by atoms with Gasteiger partial charge in [0.05, 0.1) is 12.7 Å². The minimum atomic E-state index is -0.343. The number of nitrogens with zero attached hydrogens (tertiary/aromatic N) is 2. The molecule has 0 aliphatic heterocycles. The Labute approximate surface area is 129 Å². The lowest BCUT2D eigenvalue weighted by molar-refractivity contribution is 0.0754. The predicted octanol–water partition coefficient (Wildman–Crippen LogP) is 1.79. The Morgan fingerprint density at radius 2 is 2.05 bits per heavy atom. The molecule has 1 aliphatic carbocycles. The number of methoxy groups -OCH3 is 2. The summed E-state index contributed by atoms with van der Waals surface area (Å²) in [6.07, 6.45) is 5.18. The van der Waals surface area contributed by atoms with E-state index in [9.17, 15) is 5.26 Å². The molecule has 1 fully saturated rings. The first-order chi connectivity index (χ1) is 10.2. The summed E-state index contributed by atoms with van der Waals surface area (Å²) in [5, 5.41) is 13.0. The van der Waals surface area contributed by atoms with Gasteiger partial charge < -0.3 is 9.47 Å². The van der Waals surface area contributed by atoms with Crippen molar-refractivity contribution in [2.75, 3.05) is 47.1 Å². The molecule has 0 aromatic heterocycles. The van der Waals surface area contributed by atoms with Crippen LogP contribution >= 0.6 is 0 Å². The third-order valence-corrected chi connectivity index (χ3v) is 4.35. The van der Waals surface area contributed by atoms with E-state index in [-0.39, 0.29) is 5.54 Å². The van der Waals surface area contributed by atoms with E-state index in [4.69, 9.17) is 9.47 Å². The largest absolute Gasteiger partial charge is 0.385 e. The molecular formula is C16H31N3O2. The monoisotopic (exact) mass is 297 g/mol. The van der Waals surface area contributed by atoms with Crippen LogP contribution in [0.1, 0.15) is 39.0 Å². The molecule has 1 rings (SSSR count). The molecule has 1 saturated carbocycles. The maximum atomic E-state index is 9.59. The van der Waals surface area contributed by atoms with Crippen molar-refractivity contribution >= 4 is 0 Å². The molecule has 5 nitrogen and oxygen atoms in total. The van der Waals surface area contributed by atoms with E-state index in [1.54, 1.807) is 14.2 Å². The standard InChI is InChI=1S/C16H31N3O2/c1-4-18-16(14-17)8-5-7-15(13-16)19(10-12-21-3)9-6-11-20-2/h15,18H,4-13H2,1-3H3.